The molecule has 5 nitrogen and oxygen atoms in total. The minimum Gasteiger partial charge on any atom is -0.492 e. The standard InChI is InChI=1S/C21H24FNO4/c1-14-5-6-19(22)18(9-14)16-10-15(13-24)11-17(12-16)26-8-7-23-20(25)27-21(2,3)4/h5-6,9-13H,7-8H2,1-4H3,(H,23,25). The summed E-state index contributed by atoms with van der Waals surface area (Å²) >= 11 is 0. The lowest BCUT2D eigenvalue weighted by atomic mass is 10.0. The first-order chi connectivity index (χ1) is 12.7. The molecule has 0 aliphatic carbocycles. The zero-order valence-corrected chi connectivity index (χ0v) is 16.0. The molecular weight excluding hydrogens is 349 g/mol. The van der Waals surface area contributed by atoms with Gasteiger partial charge in [-0.3, -0.25) is 4.79 Å². The molecule has 0 fully saturated rings. The van der Waals surface area contributed by atoms with Gasteiger partial charge in [0.1, 0.15) is 30.1 Å². The highest BCUT2D eigenvalue weighted by Gasteiger charge is 2.15. The topological polar surface area (TPSA) is 64.6 Å². The monoisotopic (exact) mass is 373 g/mol. The van der Waals surface area contributed by atoms with Crippen molar-refractivity contribution in [3.8, 4) is 16.9 Å². The summed E-state index contributed by atoms with van der Waals surface area (Å²) < 4.78 is 24.9. The molecule has 0 bridgehead atoms. The van der Waals surface area contributed by atoms with Crippen molar-refractivity contribution in [1.29, 1.82) is 0 Å². The summed E-state index contributed by atoms with van der Waals surface area (Å²) in [4.78, 5) is 22.8. The van der Waals surface area contributed by atoms with E-state index < -0.39 is 11.7 Å². The van der Waals surface area contributed by atoms with Crippen LogP contribution in [0.25, 0.3) is 11.1 Å². The number of aldehydes is 1. The Balaban J connectivity index is 2.06. The van der Waals surface area contributed by atoms with Crippen LogP contribution in [0.4, 0.5) is 9.18 Å². The van der Waals surface area contributed by atoms with E-state index in [1.165, 1.54) is 6.07 Å². The van der Waals surface area contributed by atoms with Gasteiger partial charge in [-0.25, -0.2) is 9.18 Å². The van der Waals surface area contributed by atoms with E-state index in [0.717, 1.165) is 5.56 Å². The van der Waals surface area contributed by atoms with Crippen LogP contribution in [0.3, 0.4) is 0 Å². The van der Waals surface area contributed by atoms with E-state index in [1.54, 1.807) is 51.1 Å². The lowest BCUT2D eigenvalue weighted by molar-refractivity contribution is 0.0520. The van der Waals surface area contributed by atoms with Crippen LogP contribution < -0.4 is 10.1 Å². The summed E-state index contributed by atoms with van der Waals surface area (Å²) in [7, 11) is 0. The average Bonchev–Trinajstić information content (AvgIpc) is 2.59. The Hall–Kier alpha value is -2.89. The number of benzene rings is 2. The van der Waals surface area contributed by atoms with E-state index in [2.05, 4.69) is 5.32 Å². The Labute approximate surface area is 158 Å². The van der Waals surface area contributed by atoms with Gasteiger partial charge in [0.05, 0.1) is 6.54 Å². The predicted octanol–water partition coefficient (Wildman–Crippen LogP) is 4.52. The quantitative estimate of drug-likeness (QED) is 0.597. The van der Waals surface area contributed by atoms with Gasteiger partial charge in [0.15, 0.2) is 0 Å². The van der Waals surface area contributed by atoms with Crippen LogP contribution in [-0.2, 0) is 4.74 Å². The number of alkyl carbamates (subject to hydrolysis) is 1. The van der Waals surface area contributed by atoms with Crippen molar-refractivity contribution in [2.75, 3.05) is 13.2 Å². The van der Waals surface area contributed by atoms with Gasteiger partial charge in [0.2, 0.25) is 0 Å². The first kappa shape index (κ1) is 20.4. The molecule has 0 aliphatic heterocycles. The van der Waals surface area contributed by atoms with Gasteiger partial charge in [-0.1, -0.05) is 11.6 Å². The van der Waals surface area contributed by atoms with Crippen LogP contribution in [0.15, 0.2) is 36.4 Å². The molecule has 0 saturated carbocycles. The Kier molecular flexibility index (Phi) is 6.55. The van der Waals surface area contributed by atoms with Crippen molar-refractivity contribution in [2.24, 2.45) is 0 Å². The molecule has 0 atom stereocenters. The second kappa shape index (κ2) is 8.66. The number of aryl methyl sites for hydroxylation is 1. The highest BCUT2D eigenvalue weighted by atomic mass is 19.1. The molecule has 2 rings (SSSR count). The highest BCUT2D eigenvalue weighted by Crippen LogP contribution is 2.28. The minimum absolute atomic E-state index is 0.178. The lowest BCUT2D eigenvalue weighted by Gasteiger charge is -2.19. The minimum atomic E-state index is -0.573. The van der Waals surface area contributed by atoms with Gasteiger partial charge in [-0.2, -0.15) is 0 Å². The van der Waals surface area contributed by atoms with Crippen LogP contribution in [-0.4, -0.2) is 31.1 Å². The molecule has 0 unspecified atom stereocenters. The van der Waals surface area contributed by atoms with Gasteiger partial charge in [0.25, 0.3) is 0 Å². The largest absolute Gasteiger partial charge is 0.492 e. The summed E-state index contributed by atoms with van der Waals surface area (Å²) in [6, 6.07) is 9.63. The van der Waals surface area contributed by atoms with E-state index in [1.807, 2.05) is 6.92 Å². The lowest BCUT2D eigenvalue weighted by Crippen LogP contribution is -2.34. The zero-order chi connectivity index (χ0) is 20.0. The maximum atomic E-state index is 14.2. The third kappa shape index (κ3) is 6.40. The maximum Gasteiger partial charge on any atom is 0.407 e. The first-order valence-electron chi connectivity index (χ1n) is 8.64. The number of rotatable bonds is 6. The van der Waals surface area contributed by atoms with Crippen molar-refractivity contribution in [1.82, 2.24) is 5.32 Å². The Morgan fingerprint density at radius 3 is 2.59 bits per heavy atom. The summed E-state index contributed by atoms with van der Waals surface area (Å²) in [6.45, 7) is 7.61. The van der Waals surface area contributed by atoms with Gasteiger partial charge in [-0.15, -0.1) is 0 Å². The third-order valence-electron chi connectivity index (χ3n) is 3.54. The van der Waals surface area contributed by atoms with Gasteiger partial charge in [-0.05, 0) is 63.6 Å². The number of carbonyl (C=O) groups is 2. The second-order valence-corrected chi connectivity index (χ2v) is 7.17. The van der Waals surface area contributed by atoms with Crippen LogP contribution >= 0.6 is 0 Å². The molecule has 0 aromatic heterocycles. The summed E-state index contributed by atoms with van der Waals surface area (Å²) in [5.41, 5.74) is 1.66. The number of amides is 1. The van der Waals surface area contributed by atoms with E-state index >= 15 is 0 Å². The molecule has 2 aromatic rings. The summed E-state index contributed by atoms with van der Waals surface area (Å²) in [5.74, 6) is 0.0442. The molecule has 0 saturated heterocycles. The third-order valence-corrected chi connectivity index (χ3v) is 3.54. The maximum absolute atomic E-state index is 14.2. The van der Waals surface area contributed by atoms with Crippen molar-refractivity contribution in [2.45, 2.75) is 33.3 Å². The molecule has 0 radical (unpaired) electrons. The average molecular weight is 373 g/mol. The normalized spacial score (nSPS) is 11.0. The van der Waals surface area contributed by atoms with E-state index in [4.69, 9.17) is 9.47 Å². The molecule has 27 heavy (non-hydrogen) atoms. The number of hydrogen-bond donors (Lipinski definition) is 1. The van der Waals surface area contributed by atoms with Crippen LogP contribution in [0, 0.1) is 12.7 Å². The molecule has 0 spiro atoms. The van der Waals surface area contributed by atoms with Crippen molar-refractivity contribution in [3.63, 3.8) is 0 Å². The van der Waals surface area contributed by atoms with E-state index in [-0.39, 0.29) is 19.0 Å². The van der Waals surface area contributed by atoms with Crippen LogP contribution in [0.2, 0.25) is 0 Å². The molecule has 1 N–H and O–H groups in total. The number of hydrogen-bond acceptors (Lipinski definition) is 4. The highest BCUT2D eigenvalue weighted by molar-refractivity contribution is 5.80. The predicted molar refractivity (Wildman–Crippen MR) is 102 cm³/mol. The number of nitrogens with one attached hydrogen (secondary N) is 1. The zero-order valence-electron chi connectivity index (χ0n) is 16.0. The SMILES string of the molecule is Cc1ccc(F)c(-c2cc(C=O)cc(OCCNC(=O)OC(C)(C)C)c2)c1. The van der Waals surface area contributed by atoms with Crippen LogP contribution in [0.1, 0.15) is 36.7 Å². The van der Waals surface area contributed by atoms with Crippen molar-refractivity contribution < 1.29 is 23.5 Å². The van der Waals surface area contributed by atoms with Gasteiger partial charge < -0.3 is 14.8 Å². The van der Waals surface area contributed by atoms with Crippen molar-refractivity contribution in [3.05, 3.63) is 53.3 Å². The molecule has 6 heteroatoms. The Morgan fingerprint density at radius 2 is 1.93 bits per heavy atom. The molecule has 0 heterocycles. The van der Waals surface area contributed by atoms with Crippen LogP contribution in [0.5, 0.6) is 5.75 Å². The second-order valence-electron chi connectivity index (χ2n) is 7.17. The fraction of sp³-hybridized carbons (Fsp3) is 0.333. The van der Waals surface area contributed by atoms with E-state index in [0.29, 0.717) is 28.7 Å². The summed E-state index contributed by atoms with van der Waals surface area (Å²) in [6.07, 6.45) is 0.151. The molecular formula is C21H24FNO4. The first-order valence-corrected chi connectivity index (χ1v) is 8.64. The number of halogens is 1. The molecule has 1 amide bonds. The van der Waals surface area contributed by atoms with Crippen molar-refractivity contribution >= 4 is 12.4 Å². The fourth-order valence-electron chi connectivity index (χ4n) is 2.43. The smallest absolute Gasteiger partial charge is 0.407 e. The Bertz CT molecular complexity index is 827. The number of ether oxygens (including phenoxy) is 2. The number of carbonyl (C=O) groups excluding carboxylic acids is 2. The van der Waals surface area contributed by atoms with Gasteiger partial charge >= 0.3 is 6.09 Å². The van der Waals surface area contributed by atoms with E-state index in [9.17, 15) is 14.0 Å². The molecule has 0 aliphatic rings. The fourth-order valence-corrected chi connectivity index (χ4v) is 2.43. The summed E-state index contributed by atoms with van der Waals surface area (Å²) in [5, 5.41) is 2.59. The molecule has 2 aromatic carbocycles. The van der Waals surface area contributed by atoms with Gasteiger partial charge in [0, 0.05) is 11.1 Å². The molecule has 144 valence electrons. The Morgan fingerprint density at radius 1 is 1.19 bits per heavy atom.